The summed E-state index contributed by atoms with van der Waals surface area (Å²) in [5.41, 5.74) is 0. The van der Waals surface area contributed by atoms with Crippen LogP contribution in [0.3, 0.4) is 0 Å². The Labute approximate surface area is 83.3 Å². The molecule has 1 rings (SSSR count). The molecule has 1 heterocycles. The van der Waals surface area contributed by atoms with E-state index >= 15 is 0 Å². The summed E-state index contributed by atoms with van der Waals surface area (Å²) in [5.74, 6) is 3.10. The van der Waals surface area contributed by atoms with Crippen LogP contribution in [0.4, 0.5) is 0 Å². The molecule has 0 amide bonds. The van der Waals surface area contributed by atoms with Crippen LogP contribution < -0.4 is 9.47 Å². The number of nitrogens with zero attached hydrogens (tertiary/aromatic N) is 2. The molecule has 4 nitrogen and oxygen atoms in total. The first-order valence-corrected chi connectivity index (χ1v) is 4.38. The quantitative estimate of drug-likeness (QED) is 0.520. The molecule has 0 atom stereocenters. The summed E-state index contributed by atoms with van der Waals surface area (Å²) in [6.45, 7) is 2.93. The van der Waals surface area contributed by atoms with Gasteiger partial charge in [0.2, 0.25) is 0 Å². The van der Waals surface area contributed by atoms with Gasteiger partial charge in [-0.05, 0) is 6.92 Å². The molecule has 0 aromatic carbocycles. The Morgan fingerprint density at radius 2 is 2.07 bits per heavy atom. The van der Waals surface area contributed by atoms with Crippen molar-refractivity contribution in [2.75, 3.05) is 13.2 Å². The number of ether oxygens (including phenoxy) is 2. The lowest BCUT2D eigenvalue weighted by Crippen LogP contribution is -2.00. The first-order chi connectivity index (χ1) is 6.86. The number of hydrogen-bond acceptors (Lipinski definition) is 4. The lowest BCUT2D eigenvalue weighted by atomic mass is 10.5. The summed E-state index contributed by atoms with van der Waals surface area (Å²) in [4.78, 5) is 7.88. The molecule has 4 heteroatoms. The average molecular weight is 192 g/mol. The van der Waals surface area contributed by atoms with Gasteiger partial charge in [0, 0.05) is 6.42 Å². The summed E-state index contributed by atoms with van der Waals surface area (Å²) in [5, 5.41) is 0. The molecule has 14 heavy (non-hydrogen) atoms. The van der Waals surface area contributed by atoms with E-state index in [-0.39, 0.29) is 0 Å². The van der Waals surface area contributed by atoms with E-state index in [0.29, 0.717) is 31.4 Å². The van der Waals surface area contributed by atoms with Crippen LogP contribution in [0.1, 0.15) is 13.3 Å². The molecule has 0 fully saturated rings. The SMILES string of the molecule is C#CCCOc1ncc(OCC)cn1. The average Bonchev–Trinajstić information content (AvgIpc) is 2.21. The fraction of sp³-hybridized carbons (Fsp3) is 0.400. The minimum atomic E-state index is 0.323. The van der Waals surface area contributed by atoms with E-state index in [1.165, 1.54) is 0 Å². The predicted octanol–water partition coefficient (Wildman–Crippen LogP) is 1.28. The van der Waals surface area contributed by atoms with Gasteiger partial charge < -0.3 is 9.47 Å². The van der Waals surface area contributed by atoms with E-state index < -0.39 is 0 Å². The van der Waals surface area contributed by atoms with E-state index in [2.05, 4.69) is 15.9 Å². The van der Waals surface area contributed by atoms with Crippen molar-refractivity contribution >= 4 is 0 Å². The Bertz CT molecular complexity index is 303. The van der Waals surface area contributed by atoms with Crippen LogP contribution >= 0.6 is 0 Å². The number of terminal acetylenes is 1. The lowest BCUT2D eigenvalue weighted by molar-refractivity contribution is 0.294. The zero-order valence-corrected chi connectivity index (χ0v) is 8.06. The standard InChI is InChI=1S/C10H12N2O2/c1-3-5-6-14-10-11-7-9(8-12-10)13-4-2/h1,7-8H,4-6H2,2H3. The fourth-order valence-electron chi connectivity index (χ4n) is 0.821. The predicted molar refractivity (Wildman–Crippen MR) is 52.1 cm³/mol. The summed E-state index contributed by atoms with van der Waals surface area (Å²) < 4.78 is 10.3. The molecule has 0 spiro atoms. The Morgan fingerprint density at radius 1 is 1.36 bits per heavy atom. The minimum Gasteiger partial charge on any atom is -0.491 e. The largest absolute Gasteiger partial charge is 0.491 e. The number of hydrogen-bond donors (Lipinski definition) is 0. The second-order valence-electron chi connectivity index (χ2n) is 2.44. The van der Waals surface area contributed by atoms with Gasteiger partial charge >= 0.3 is 6.01 Å². The van der Waals surface area contributed by atoms with Gasteiger partial charge in [0.05, 0.1) is 19.0 Å². The third-order valence-corrected chi connectivity index (χ3v) is 1.39. The highest BCUT2D eigenvalue weighted by Gasteiger charge is 1.97. The van der Waals surface area contributed by atoms with Gasteiger partial charge in [0.15, 0.2) is 5.75 Å². The Morgan fingerprint density at radius 3 is 2.64 bits per heavy atom. The molecule has 0 saturated carbocycles. The van der Waals surface area contributed by atoms with Gasteiger partial charge in [-0.1, -0.05) is 0 Å². The highest BCUT2D eigenvalue weighted by Crippen LogP contribution is 2.09. The highest BCUT2D eigenvalue weighted by molar-refractivity contribution is 5.13. The van der Waals surface area contributed by atoms with Gasteiger partial charge in [0.25, 0.3) is 0 Å². The molecule has 0 aliphatic heterocycles. The monoisotopic (exact) mass is 192 g/mol. The smallest absolute Gasteiger partial charge is 0.316 e. The summed E-state index contributed by atoms with van der Waals surface area (Å²) in [6.07, 6.45) is 8.76. The van der Waals surface area contributed by atoms with Crippen LogP contribution in [0.5, 0.6) is 11.8 Å². The molecule has 1 aromatic rings. The molecule has 0 saturated heterocycles. The maximum atomic E-state index is 5.17. The maximum Gasteiger partial charge on any atom is 0.316 e. The van der Waals surface area contributed by atoms with Crippen LogP contribution in [-0.4, -0.2) is 23.2 Å². The van der Waals surface area contributed by atoms with Gasteiger partial charge in [-0.25, -0.2) is 0 Å². The molecule has 0 aliphatic carbocycles. The first-order valence-electron chi connectivity index (χ1n) is 4.38. The van der Waals surface area contributed by atoms with Crippen LogP contribution in [0, 0.1) is 12.3 Å². The van der Waals surface area contributed by atoms with Crippen molar-refractivity contribution in [1.29, 1.82) is 0 Å². The van der Waals surface area contributed by atoms with Crippen molar-refractivity contribution in [1.82, 2.24) is 9.97 Å². The van der Waals surface area contributed by atoms with Gasteiger partial charge in [0.1, 0.15) is 6.61 Å². The highest BCUT2D eigenvalue weighted by atomic mass is 16.5. The normalized spacial score (nSPS) is 9.14. The second kappa shape index (κ2) is 5.81. The fourth-order valence-corrected chi connectivity index (χ4v) is 0.821. The first kappa shape index (κ1) is 10.3. The zero-order valence-electron chi connectivity index (χ0n) is 8.06. The van der Waals surface area contributed by atoms with Gasteiger partial charge in [-0.2, -0.15) is 9.97 Å². The van der Waals surface area contributed by atoms with Crippen molar-refractivity contribution in [3.05, 3.63) is 12.4 Å². The molecule has 1 aromatic heterocycles. The van der Waals surface area contributed by atoms with E-state index in [0.717, 1.165) is 0 Å². The summed E-state index contributed by atoms with van der Waals surface area (Å²) >= 11 is 0. The Kier molecular flexibility index (Phi) is 4.29. The van der Waals surface area contributed by atoms with Crippen molar-refractivity contribution < 1.29 is 9.47 Å². The van der Waals surface area contributed by atoms with E-state index in [9.17, 15) is 0 Å². The molecule has 0 aliphatic rings. The van der Waals surface area contributed by atoms with Crippen molar-refractivity contribution in [3.63, 3.8) is 0 Å². The topological polar surface area (TPSA) is 44.2 Å². The lowest BCUT2D eigenvalue weighted by Gasteiger charge is -2.03. The third-order valence-electron chi connectivity index (χ3n) is 1.39. The Hall–Kier alpha value is -1.76. The van der Waals surface area contributed by atoms with E-state index in [4.69, 9.17) is 15.9 Å². The molecule has 74 valence electrons. The molecule has 0 N–H and O–H groups in total. The van der Waals surface area contributed by atoms with Crippen molar-refractivity contribution in [2.24, 2.45) is 0 Å². The molecular weight excluding hydrogens is 180 g/mol. The van der Waals surface area contributed by atoms with Crippen molar-refractivity contribution in [2.45, 2.75) is 13.3 Å². The third kappa shape index (κ3) is 3.31. The Balaban J connectivity index is 2.43. The van der Waals surface area contributed by atoms with Crippen LogP contribution in [0.2, 0.25) is 0 Å². The second-order valence-corrected chi connectivity index (χ2v) is 2.44. The molecule has 0 unspecified atom stereocenters. The van der Waals surface area contributed by atoms with E-state index in [1.807, 2.05) is 6.92 Å². The summed E-state index contributed by atoms with van der Waals surface area (Å²) in [7, 11) is 0. The molecular formula is C10H12N2O2. The maximum absolute atomic E-state index is 5.17. The molecule has 0 radical (unpaired) electrons. The van der Waals surface area contributed by atoms with Gasteiger partial charge in [-0.15, -0.1) is 12.3 Å². The van der Waals surface area contributed by atoms with Crippen LogP contribution in [0.25, 0.3) is 0 Å². The van der Waals surface area contributed by atoms with Crippen LogP contribution in [-0.2, 0) is 0 Å². The van der Waals surface area contributed by atoms with E-state index in [1.54, 1.807) is 12.4 Å². The van der Waals surface area contributed by atoms with Crippen LogP contribution in [0.15, 0.2) is 12.4 Å². The van der Waals surface area contributed by atoms with Gasteiger partial charge in [-0.3, -0.25) is 0 Å². The number of aromatic nitrogens is 2. The minimum absolute atomic E-state index is 0.323. The van der Waals surface area contributed by atoms with Crippen molar-refractivity contribution in [3.8, 4) is 24.1 Å². The number of rotatable bonds is 5. The molecule has 0 bridgehead atoms. The summed E-state index contributed by atoms with van der Waals surface area (Å²) in [6, 6.07) is 0.323. The zero-order chi connectivity index (χ0) is 10.2.